The first-order valence-corrected chi connectivity index (χ1v) is 6.01. The van der Waals surface area contributed by atoms with Gasteiger partial charge in [0.05, 0.1) is 13.2 Å². The van der Waals surface area contributed by atoms with Gasteiger partial charge in [-0.3, -0.25) is 0 Å². The van der Waals surface area contributed by atoms with Gasteiger partial charge in [0.15, 0.2) is 0 Å². The molecule has 1 aromatic rings. The van der Waals surface area contributed by atoms with Crippen molar-refractivity contribution in [2.24, 2.45) is 0 Å². The lowest BCUT2D eigenvalue weighted by atomic mass is 10.1. The van der Waals surface area contributed by atoms with E-state index in [9.17, 15) is 4.79 Å². The second-order valence-corrected chi connectivity index (χ2v) is 4.72. The lowest BCUT2D eigenvalue weighted by Crippen LogP contribution is -2.41. The second kappa shape index (κ2) is 4.93. The van der Waals surface area contributed by atoms with Crippen LogP contribution < -0.4 is 5.73 Å². The molecule has 1 saturated heterocycles. The van der Waals surface area contributed by atoms with Crippen molar-refractivity contribution in [3.8, 4) is 0 Å². The molecule has 5 nitrogen and oxygen atoms in total. The zero-order valence-electron chi connectivity index (χ0n) is 9.10. The number of carboxylic acid groups (broad SMARTS) is 1. The average Bonchev–Trinajstić information content (AvgIpc) is 2.33. The summed E-state index contributed by atoms with van der Waals surface area (Å²) in [6.07, 6.45) is -1.13. The molecule has 2 rings (SSSR count). The fourth-order valence-electron chi connectivity index (χ4n) is 1.77. The van der Waals surface area contributed by atoms with Gasteiger partial charge in [-0.15, -0.1) is 0 Å². The van der Waals surface area contributed by atoms with Gasteiger partial charge in [0.2, 0.25) is 0 Å². The third-order valence-electron chi connectivity index (χ3n) is 2.73. The van der Waals surface area contributed by atoms with Crippen molar-refractivity contribution in [2.45, 2.75) is 6.10 Å². The number of nitrogen functional groups attached to an aromatic ring is 1. The molecule has 6 heteroatoms. The first-order valence-electron chi connectivity index (χ1n) is 5.22. The summed E-state index contributed by atoms with van der Waals surface area (Å²) in [5.41, 5.74) is 7.28. The van der Waals surface area contributed by atoms with Crippen molar-refractivity contribution >= 4 is 27.7 Å². The van der Waals surface area contributed by atoms with Gasteiger partial charge < -0.3 is 20.5 Å². The molecule has 1 amide bonds. The van der Waals surface area contributed by atoms with Crippen molar-refractivity contribution < 1.29 is 14.6 Å². The van der Waals surface area contributed by atoms with E-state index in [-0.39, 0.29) is 6.10 Å². The standard InChI is InChI=1S/C11H13BrN2O3/c12-8-5-7(1-2-9(8)13)10-6-14(11(15)16)3-4-17-10/h1-2,5,10H,3-4,6,13H2,(H,15,16). The van der Waals surface area contributed by atoms with Crippen LogP contribution in [-0.2, 0) is 4.74 Å². The number of nitrogens with two attached hydrogens (primary N) is 1. The molecule has 0 aliphatic carbocycles. The van der Waals surface area contributed by atoms with Crippen LogP contribution in [0.4, 0.5) is 10.5 Å². The highest BCUT2D eigenvalue weighted by atomic mass is 79.9. The molecule has 92 valence electrons. The lowest BCUT2D eigenvalue weighted by Gasteiger charge is -2.31. The van der Waals surface area contributed by atoms with Crippen LogP contribution in [0.3, 0.4) is 0 Å². The third-order valence-corrected chi connectivity index (χ3v) is 3.42. The Balaban J connectivity index is 2.16. The highest BCUT2D eigenvalue weighted by molar-refractivity contribution is 9.10. The molecule has 3 N–H and O–H groups in total. The molecule has 1 aliphatic rings. The van der Waals surface area contributed by atoms with E-state index in [2.05, 4.69) is 15.9 Å². The Morgan fingerprint density at radius 2 is 2.35 bits per heavy atom. The number of hydrogen-bond acceptors (Lipinski definition) is 3. The lowest BCUT2D eigenvalue weighted by molar-refractivity contribution is -0.0232. The van der Waals surface area contributed by atoms with Crippen LogP contribution in [0.25, 0.3) is 0 Å². The number of rotatable bonds is 1. The van der Waals surface area contributed by atoms with Gasteiger partial charge in [0.1, 0.15) is 6.10 Å². The van der Waals surface area contributed by atoms with Crippen LogP contribution in [-0.4, -0.2) is 35.8 Å². The summed E-state index contributed by atoms with van der Waals surface area (Å²) in [7, 11) is 0. The molecule has 0 radical (unpaired) electrons. The molecule has 0 saturated carbocycles. The van der Waals surface area contributed by atoms with E-state index >= 15 is 0 Å². The maximum absolute atomic E-state index is 10.9. The second-order valence-electron chi connectivity index (χ2n) is 3.87. The van der Waals surface area contributed by atoms with Gasteiger partial charge >= 0.3 is 6.09 Å². The molecule has 0 aromatic heterocycles. The van der Waals surface area contributed by atoms with Crippen molar-refractivity contribution in [1.82, 2.24) is 4.90 Å². The van der Waals surface area contributed by atoms with Crippen LogP contribution in [0.2, 0.25) is 0 Å². The zero-order valence-corrected chi connectivity index (χ0v) is 10.7. The molecule has 1 unspecified atom stereocenters. The predicted octanol–water partition coefficient (Wildman–Crippen LogP) is 2.08. The van der Waals surface area contributed by atoms with Crippen molar-refractivity contribution in [2.75, 3.05) is 25.4 Å². The summed E-state index contributed by atoms with van der Waals surface area (Å²) in [6, 6.07) is 5.50. The maximum atomic E-state index is 10.9. The molecule has 1 aliphatic heterocycles. The van der Waals surface area contributed by atoms with Gasteiger partial charge in [0.25, 0.3) is 0 Å². The number of carbonyl (C=O) groups is 1. The molecular weight excluding hydrogens is 288 g/mol. The average molecular weight is 301 g/mol. The van der Waals surface area contributed by atoms with Gasteiger partial charge in [-0.2, -0.15) is 0 Å². The fourth-order valence-corrected chi connectivity index (χ4v) is 2.16. The topological polar surface area (TPSA) is 75.8 Å². The summed E-state index contributed by atoms with van der Waals surface area (Å²) in [6.45, 7) is 1.19. The number of halogens is 1. The van der Waals surface area contributed by atoms with Crippen LogP contribution in [0.15, 0.2) is 22.7 Å². The highest BCUT2D eigenvalue weighted by Gasteiger charge is 2.25. The summed E-state index contributed by atoms with van der Waals surface area (Å²) >= 11 is 3.35. The Morgan fingerprint density at radius 3 is 3.00 bits per heavy atom. The monoisotopic (exact) mass is 300 g/mol. The Labute approximate surface area is 107 Å². The largest absolute Gasteiger partial charge is 0.465 e. The Morgan fingerprint density at radius 1 is 1.59 bits per heavy atom. The Hall–Kier alpha value is -1.27. The van der Waals surface area contributed by atoms with E-state index in [4.69, 9.17) is 15.6 Å². The van der Waals surface area contributed by atoms with E-state index in [0.717, 1.165) is 10.0 Å². The van der Waals surface area contributed by atoms with Crippen LogP contribution in [0.5, 0.6) is 0 Å². The molecule has 1 heterocycles. The minimum atomic E-state index is -0.909. The molecule has 1 atom stereocenters. The maximum Gasteiger partial charge on any atom is 0.407 e. The molecule has 1 aromatic carbocycles. The number of ether oxygens (including phenoxy) is 1. The Bertz CT molecular complexity index is 439. The number of benzene rings is 1. The number of anilines is 1. The fraction of sp³-hybridized carbons (Fsp3) is 0.364. The van der Waals surface area contributed by atoms with Crippen LogP contribution in [0.1, 0.15) is 11.7 Å². The quantitative estimate of drug-likeness (QED) is 0.779. The van der Waals surface area contributed by atoms with Gasteiger partial charge in [-0.05, 0) is 33.6 Å². The van der Waals surface area contributed by atoms with Crippen molar-refractivity contribution in [3.63, 3.8) is 0 Å². The van der Waals surface area contributed by atoms with Gasteiger partial charge in [-0.1, -0.05) is 6.07 Å². The molecule has 0 bridgehead atoms. The molecule has 0 spiro atoms. The number of amides is 1. The molecule has 17 heavy (non-hydrogen) atoms. The van der Waals surface area contributed by atoms with Gasteiger partial charge in [-0.25, -0.2) is 4.79 Å². The highest BCUT2D eigenvalue weighted by Crippen LogP contribution is 2.28. The first kappa shape index (κ1) is 12.2. The van der Waals surface area contributed by atoms with Crippen LogP contribution >= 0.6 is 15.9 Å². The minimum Gasteiger partial charge on any atom is -0.465 e. The zero-order chi connectivity index (χ0) is 12.4. The van der Waals surface area contributed by atoms with Crippen molar-refractivity contribution in [1.29, 1.82) is 0 Å². The van der Waals surface area contributed by atoms with Crippen LogP contribution in [0, 0.1) is 0 Å². The summed E-state index contributed by atoms with van der Waals surface area (Å²) < 4.78 is 6.37. The van der Waals surface area contributed by atoms with E-state index in [1.807, 2.05) is 12.1 Å². The number of morpholine rings is 1. The van der Waals surface area contributed by atoms with Crippen molar-refractivity contribution in [3.05, 3.63) is 28.2 Å². The SMILES string of the molecule is Nc1ccc(C2CN(C(=O)O)CCO2)cc1Br. The van der Waals surface area contributed by atoms with E-state index < -0.39 is 6.09 Å². The minimum absolute atomic E-state index is 0.225. The third kappa shape index (κ3) is 2.70. The first-order chi connectivity index (χ1) is 8.08. The molecule has 1 fully saturated rings. The van der Waals surface area contributed by atoms with Gasteiger partial charge in [0, 0.05) is 16.7 Å². The summed E-state index contributed by atoms with van der Waals surface area (Å²) in [4.78, 5) is 12.3. The van der Waals surface area contributed by atoms with E-state index in [0.29, 0.717) is 25.4 Å². The smallest absolute Gasteiger partial charge is 0.407 e. The van der Waals surface area contributed by atoms with E-state index in [1.165, 1.54) is 4.90 Å². The van der Waals surface area contributed by atoms with E-state index in [1.54, 1.807) is 6.07 Å². The number of hydrogen-bond donors (Lipinski definition) is 2. The summed E-state index contributed by atoms with van der Waals surface area (Å²) in [5.74, 6) is 0. The Kier molecular flexibility index (Phi) is 3.54. The normalized spacial score (nSPS) is 20.3. The molecular formula is C11H13BrN2O3. The summed E-state index contributed by atoms with van der Waals surface area (Å²) in [5, 5.41) is 8.94. The predicted molar refractivity (Wildman–Crippen MR) is 66.8 cm³/mol. The number of nitrogens with zero attached hydrogens (tertiary/aromatic N) is 1.